The Morgan fingerprint density at radius 2 is 1.60 bits per heavy atom. The molecule has 42 heavy (non-hydrogen) atoms. The van der Waals surface area contributed by atoms with Crippen molar-refractivity contribution >= 4 is 28.7 Å². The van der Waals surface area contributed by atoms with Crippen LogP contribution in [0.2, 0.25) is 0 Å². The first kappa shape index (κ1) is 26.6. The molecular weight excluding hydrogens is 520 g/mol. The van der Waals surface area contributed by atoms with Gasteiger partial charge in [0, 0.05) is 50.2 Å². The van der Waals surface area contributed by atoms with Gasteiger partial charge in [0.1, 0.15) is 12.0 Å². The van der Waals surface area contributed by atoms with Gasteiger partial charge in [-0.25, -0.2) is 4.99 Å². The molecule has 8 heteroatoms. The summed E-state index contributed by atoms with van der Waals surface area (Å²) in [5.41, 5.74) is 14.5. The van der Waals surface area contributed by atoms with Crippen LogP contribution in [0.3, 0.4) is 0 Å². The number of hydrazone groups is 1. The zero-order valence-electron chi connectivity index (χ0n) is 24.4. The van der Waals surface area contributed by atoms with E-state index in [4.69, 9.17) is 15.9 Å². The van der Waals surface area contributed by atoms with Gasteiger partial charge in [-0.2, -0.15) is 10.2 Å². The molecule has 214 valence electrons. The standard InChI is InChI=1S/C34H38N8/c1-3-39-15-17-40(18-16-39)20-26-9-11-27(12-10-26)32-24(2)31(33-34(35)36-23-37-42(32)33)28-13-14-29-22-41(38-30(29)19-28)21-25-7-5-4-6-8-25/h4-14,19,22-24,32H,3,15-18,20-21H2,1-2H3,(H2,35,36,37). The Kier molecular flexibility index (Phi) is 7.09. The number of amidine groups is 1. The zero-order valence-corrected chi connectivity index (χ0v) is 24.4. The lowest BCUT2D eigenvalue weighted by atomic mass is 9.87. The van der Waals surface area contributed by atoms with E-state index in [-0.39, 0.29) is 12.0 Å². The molecule has 0 amide bonds. The van der Waals surface area contributed by atoms with E-state index < -0.39 is 0 Å². The van der Waals surface area contributed by atoms with E-state index in [9.17, 15) is 0 Å². The molecule has 4 aromatic rings. The van der Waals surface area contributed by atoms with Gasteiger partial charge in [-0.1, -0.05) is 80.6 Å². The minimum absolute atomic E-state index is 0.0359. The van der Waals surface area contributed by atoms with E-state index in [1.165, 1.54) is 16.7 Å². The van der Waals surface area contributed by atoms with E-state index in [0.717, 1.165) is 73.5 Å². The van der Waals surface area contributed by atoms with Crippen molar-refractivity contribution in [2.45, 2.75) is 33.0 Å². The van der Waals surface area contributed by atoms with Crippen molar-refractivity contribution in [1.29, 1.82) is 0 Å². The van der Waals surface area contributed by atoms with Crippen LogP contribution in [0.5, 0.6) is 0 Å². The number of aliphatic imine (C=N–C) groups is 1. The van der Waals surface area contributed by atoms with Crippen LogP contribution >= 0.6 is 0 Å². The second-order valence-electron chi connectivity index (χ2n) is 11.6. The highest BCUT2D eigenvalue weighted by molar-refractivity contribution is 6.08. The summed E-state index contributed by atoms with van der Waals surface area (Å²) < 4.78 is 2.01. The molecule has 1 saturated heterocycles. The number of nitrogens with two attached hydrogens (primary N) is 1. The van der Waals surface area contributed by atoms with Gasteiger partial charge in [0.15, 0.2) is 5.84 Å². The Balaban J connectivity index is 1.15. The van der Waals surface area contributed by atoms with Gasteiger partial charge >= 0.3 is 0 Å². The number of piperazine rings is 1. The van der Waals surface area contributed by atoms with Crippen LogP contribution in [0.25, 0.3) is 16.5 Å². The fourth-order valence-electron chi connectivity index (χ4n) is 6.70. The number of hydrogen-bond acceptors (Lipinski definition) is 7. The first-order valence-corrected chi connectivity index (χ1v) is 15.0. The van der Waals surface area contributed by atoms with Crippen LogP contribution in [0, 0.1) is 5.92 Å². The fourth-order valence-corrected chi connectivity index (χ4v) is 6.70. The Morgan fingerprint density at radius 3 is 2.36 bits per heavy atom. The van der Waals surface area contributed by atoms with E-state index in [2.05, 4.69) is 107 Å². The minimum atomic E-state index is 0.0359. The highest BCUT2D eigenvalue weighted by atomic mass is 15.5. The lowest BCUT2D eigenvalue weighted by Crippen LogP contribution is -2.45. The summed E-state index contributed by atoms with van der Waals surface area (Å²) in [6, 6.07) is 26.1. The van der Waals surface area contributed by atoms with E-state index in [1.54, 1.807) is 6.34 Å². The highest BCUT2D eigenvalue weighted by Gasteiger charge is 2.42. The summed E-state index contributed by atoms with van der Waals surface area (Å²) in [6.45, 7) is 11.9. The summed E-state index contributed by atoms with van der Waals surface area (Å²) >= 11 is 0. The number of likely N-dealkylation sites (N-methyl/N-ethyl adjacent to an activating group) is 1. The zero-order chi connectivity index (χ0) is 28.6. The number of benzene rings is 3. The lowest BCUT2D eigenvalue weighted by molar-refractivity contribution is 0.132. The molecule has 1 aromatic heterocycles. The molecule has 3 aromatic carbocycles. The van der Waals surface area contributed by atoms with Crippen molar-refractivity contribution in [2.24, 2.45) is 21.7 Å². The maximum Gasteiger partial charge on any atom is 0.151 e. The predicted molar refractivity (Wildman–Crippen MR) is 170 cm³/mol. The molecule has 3 aliphatic rings. The molecule has 2 N–H and O–H groups in total. The highest BCUT2D eigenvalue weighted by Crippen LogP contribution is 2.49. The summed E-state index contributed by atoms with van der Waals surface area (Å²) in [6.07, 6.45) is 3.68. The number of nitrogens with zero attached hydrogens (tertiary/aromatic N) is 7. The number of fused-ring (bicyclic) bond motifs is 2. The van der Waals surface area contributed by atoms with Crippen molar-refractivity contribution in [3.05, 3.63) is 107 Å². The van der Waals surface area contributed by atoms with Gasteiger partial charge in [-0.05, 0) is 40.4 Å². The van der Waals surface area contributed by atoms with Crippen LogP contribution in [0.4, 0.5) is 0 Å². The topological polar surface area (TPSA) is 78.3 Å². The van der Waals surface area contributed by atoms with E-state index in [1.807, 2.05) is 10.7 Å². The van der Waals surface area contributed by atoms with Gasteiger partial charge in [0.25, 0.3) is 0 Å². The number of rotatable bonds is 7. The molecule has 7 rings (SSSR count). The molecular formula is C34H38N8. The van der Waals surface area contributed by atoms with Gasteiger partial charge < -0.3 is 10.6 Å². The van der Waals surface area contributed by atoms with Gasteiger partial charge in [0.05, 0.1) is 18.1 Å². The Hall–Kier alpha value is -4.27. The third kappa shape index (κ3) is 5.01. The quantitative estimate of drug-likeness (QED) is 0.348. The first-order chi connectivity index (χ1) is 20.6. The lowest BCUT2D eigenvalue weighted by Gasteiger charge is -2.34. The summed E-state index contributed by atoms with van der Waals surface area (Å²) in [7, 11) is 0. The second-order valence-corrected chi connectivity index (χ2v) is 11.6. The van der Waals surface area contributed by atoms with Crippen LogP contribution in [-0.2, 0) is 13.1 Å². The van der Waals surface area contributed by atoms with Crippen molar-refractivity contribution in [2.75, 3.05) is 32.7 Å². The third-order valence-corrected chi connectivity index (χ3v) is 8.98. The second kappa shape index (κ2) is 11.2. The van der Waals surface area contributed by atoms with E-state index in [0.29, 0.717) is 5.84 Å². The average Bonchev–Trinajstić information content (AvgIpc) is 3.56. The van der Waals surface area contributed by atoms with Crippen molar-refractivity contribution in [3.63, 3.8) is 0 Å². The van der Waals surface area contributed by atoms with Crippen molar-refractivity contribution in [1.82, 2.24) is 24.6 Å². The SMILES string of the molecule is CCN1CCN(Cc2ccc(C3C(C)C(c4ccc5cn(Cc6ccccc6)nc5c4)=C4C(N)=NC=NN43)cc2)CC1. The van der Waals surface area contributed by atoms with Crippen LogP contribution in [-0.4, -0.2) is 69.5 Å². The van der Waals surface area contributed by atoms with Crippen LogP contribution in [0.15, 0.2) is 94.8 Å². The molecule has 0 spiro atoms. The molecule has 8 nitrogen and oxygen atoms in total. The third-order valence-electron chi connectivity index (χ3n) is 8.98. The van der Waals surface area contributed by atoms with Crippen LogP contribution < -0.4 is 5.73 Å². The van der Waals surface area contributed by atoms with Crippen molar-refractivity contribution < 1.29 is 0 Å². The molecule has 2 unspecified atom stereocenters. The molecule has 1 fully saturated rings. The molecule has 3 aliphatic heterocycles. The van der Waals surface area contributed by atoms with Crippen molar-refractivity contribution in [3.8, 4) is 0 Å². The molecule has 0 saturated carbocycles. The Bertz CT molecular complexity index is 1660. The maximum absolute atomic E-state index is 6.53. The monoisotopic (exact) mass is 558 g/mol. The summed E-state index contributed by atoms with van der Waals surface area (Å²) in [4.78, 5) is 9.46. The van der Waals surface area contributed by atoms with Crippen LogP contribution in [0.1, 0.15) is 42.1 Å². The molecule has 0 radical (unpaired) electrons. The van der Waals surface area contributed by atoms with Gasteiger partial charge in [-0.15, -0.1) is 0 Å². The fraction of sp³-hybridized carbons (Fsp3) is 0.324. The first-order valence-electron chi connectivity index (χ1n) is 15.0. The maximum atomic E-state index is 6.53. The number of hydrogen-bond donors (Lipinski definition) is 1. The average molecular weight is 559 g/mol. The summed E-state index contributed by atoms with van der Waals surface area (Å²) in [5.74, 6) is 0.660. The Morgan fingerprint density at radius 1 is 0.857 bits per heavy atom. The molecule has 0 bridgehead atoms. The van der Waals surface area contributed by atoms with E-state index >= 15 is 0 Å². The predicted octanol–water partition coefficient (Wildman–Crippen LogP) is 4.94. The van der Waals surface area contributed by atoms with Gasteiger partial charge in [0.2, 0.25) is 0 Å². The normalized spacial score (nSPS) is 21.3. The smallest absolute Gasteiger partial charge is 0.151 e. The minimum Gasteiger partial charge on any atom is -0.382 e. The summed E-state index contributed by atoms with van der Waals surface area (Å²) in [5, 5.41) is 12.8. The Labute approximate surface area is 247 Å². The molecule has 2 atom stereocenters. The largest absolute Gasteiger partial charge is 0.382 e. The van der Waals surface area contributed by atoms with Gasteiger partial charge in [-0.3, -0.25) is 14.6 Å². The molecule has 0 aliphatic carbocycles. The number of aromatic nitrogens is 2. The molecule has 4 heterocycles.